The average Bonchev–Trinajstić information content (AvgIpc) is 2.47. The third kappa shape index (κ3) is 3.42. The Hall–Kier alpha value is -1.30. The van der Waals surface area contributed by atoms with Gasteiger partial charge in [-0.1, -0.05) is 6.92 Å². The number of ether oxygens (including phenoxy) is 1. The van der Waals surface area contributed by atoms with E-state index in [9.17, 15) is 19.8 Å². The fourth-order valence-corrected chi connectivity index (χ4v) is 2.73. The van der Waals surface area contributed by atoms with E-state index < -0.39 is 34.7 Å². The van der Waals surface area contributed by atoms with Crippen LogP contribution < -0.4 is 5.32 Å². The average molecular weight is 287 g/mol. The van der Waals surface area contributed by atoms with Gasteiger partial charge >= 0.3 is 12.1 Å². The smallest absolute Gasteiger partial charge is 0.408 e. The molecule has 6 heteroatoms. The summed E-state index contributed by atoms with van der Waals surface area (Å²) in [6.07, 6.45) is 0.994. The van der Waals surface area contributed by atoms with Gasteiger partial charge in [0.05, 0.1) is 5.60 Å². The van der Waals surface area contributed by atoms with Crippen molar-refractivity contribution in [2.75, 3.05) is 0 Å². The Morgan fingerprint density at radius 1 is 1.25 bits per heavy atom. The third-order valence-corrected chi connectivity index (χ3v) is 4.14. The molecule has 3 unspecified atom stereocenters. The van der Waals surface area contributed by atoms with Crippen molar-refractivity contribution in [3.05, 3.63) is 0 Å². The number of carbonyl (C=O) groups is 2. The molecule has 0 radical (unpaired) electrons. The number of carboxylic acids is 1. The predicted octanol–water partition coefficient (Wildman–Crippen LogP) is 1.91. The maximum atomic E-state index is 11.8. The summed E-state index contributed by atoms with van der Waals surface area (Å²) in [5, 5.41) is 22.2. The van der Waals surface area contributed by atoms with Crippen LogP contribution in [0.15, 0.2) is 0 Å². The summed E-state index contributed by atoms with van der Waals surface area (Å²) in [4.78, 5) is 23.3. The first-order valence-electron chi connectivity index (χ1n) is 6.84. The number of nitrogens with one attached hydrogen (secondary N) is 1. The number of hydrogen-bond acceptors (Lipinski definition) is 4. The minimum Gasteiger partial charge on any atom is -0.480 e. The molecule has 0 spiro atoms. The second-order valence-corrected chi connectivity index (χ2v) is 6.96. The number of aliphatic hydroxyl groups is 1. The molecule has 3 atom stereocenters. The Morgan fingerprint density at radius 3 is 2.15 bits per heavy atom. The van der Waals surface area contributed by atoms with Crippen LogP contribution >= 0.6 is 0 Å². The normalized spacial score (nSPS) is 31.7. The van der Waals surface area contributed by atoms with Crippen LogP contribution in [0.1, 0.15) is 53.9 Å². The molecule has 0 aromatic rings. The van der Waals surface area contributed by atoms with Crippen LogP contribution in [0, 0.1) is 5.41 Å². The molecule has 0 aliphatic heterocycles. The van der Waals surface area contributed by atoms with E-state index >= 15 is 0 Å². The monoisotopic (exact) mass is 287 g/mol. The summed E-state index contributed by atoms with van der Waals surface area (Å²) < 4.78 is 5.10. The zero-order valence-corrected chi connectivity index (χ0v) is 12.8. The molecule has 1 aliphatic rings. The van der Waals surface area contributed by atoms with Gasteiger partial charge < -0.3 is 20.3 Å². The molecule has 20 heavy (non-hydrogen) atoms. The first-order chi connectivity index (χ1) is 8.89. The van der Waals surface area contributed by atoms with Gasteiger partial charge in [0.2, 0.25) is 0 Å². The van der Waals surface area contributed by atoms with Gasteiger partial charge in [0, 0.05) is 5.41 Å². The number of rotatable bonds is 3. The quantitative estimate of drug-likeness (QED) is 0.737. The van der Waals surface area contributed by atoms with Crippen molar-refractivity contribution in [2.45, 2.75) is 71.1 Å². The first kappa shape index (κ1) is 16.8. The topological polar surface area (TPSA) is 95.9 Å². The Bertz CT molecular complexity index is 399. The Morgan fingerprint density at radius 2 is 1.80 bits per heavy atom. The van der Waals surface area contributed by atoms with Gasteiger partial charge in [-0.25, -0.2) is 9.59 Å². The third-order valence-electron chi connectivity index (χ3n) is 4.14. The number of carboxylic acid groups (broad SMARTS) is 1. The molecule has 1 fully saturated rings. The van der Waals surface area contributed by atoms with E-state index in [2.05, 4.69) is 5.32 Å². The Kier molecular flexibility index (Phi) is 4.39. The summed E-state index contributed by atoms with van der Waals surface area (Å²) in [6, 6.07) is -1.19. The lowest BCUT2D eigenvalue weighted by Crippen LogP contribution is -2.58. The zero-order chi connectivity index (χ0) is 15.8. The highest BCUT2D eigenvalue weighted by atomic mass is 16.6. The molecule has 3 N–H and O–H groups in total. The molecule has 116 valence electrons. The maximum Gasteiger partial charge on any atom is 0.408 e. The van der Waals surface area contributed by atoms with E-state index in [4.69, 9.17) is 4.74 Å². The van der Waals surface area contributed by atoms with Crippen molar-refractivity contribution < 1.29 is 24.5 Å². The molecule has 1 saturated carbocycles. The van der Waals surface area contributed by atoms with Crippen LogP contribution in [0.5, 0.6) is 0 Å². The Labute approximate surface area is 119 Å². The number of alkyl carbamates (subject to hydrolysis) is 1. The van der Waals surface area contributed by atoms with Gasteiger partial charge in [-0.2, -0.15) is 0 Å². The van der Waals surface area contributed by atoms with Gasteiger partial charge in [0.1, 0.15) is 11.6 Å². The fourth-order valence-electron chi connectivity index (χ4n) is 2.73. The highest BCUT2D eigenvalue weighted by Crippen LogP contribution is 2.48. The molecule has 1 rings (SSSR count). The minimum absolute atomic E-state index is 0.517. The predicted molar refractivity (Wildman–Crippen MR) is 73.4 cm³/mol. The maximum absolute atomic E-state index is 11.8. The summed E-state index contributed by atoms with van der Waals surface area (Å²) >= 11 is 0. The van der Waals surface area contributed by atoms with Crippen LogP contribution in [0.4, 0.5) is 4.79 Å². The standard InChI is InChI=1S/C14H25NO5/c1-12(2,3)20-11(18)15-9(10(16)17)13(4)7-6-8-14(13,5)19/h9,19H,6-8H2,1-5H3,(H,15,18)(H,16,17). The lowest BCUT2D eigenvalue weighted by Gasteiger charge is -2.41. The van der Waals surface area contributed by atoms with Crippen LogP contribution in [-0.2, 0) is 9.53 Å². The van der Waals surface area contributed by atoms with E-state index in [1.54, 1.807) is 34.6 Å². The lowest BCUT2D eigenvalue weighted by atomic mass is 9.71. The number of aliphatic carboxylic acids is 1. The summed E-state index contributed by atoms with van der Waals surface area (Å²) in [6.45, 7) is 8.42. The zero-order valence-electron chi connectivity index (χ0n) is 12.8. The largest absolute Gasteiger partial charge is 0.480 e. The van der Waals surface area contributed by atoms with E-state index in [1.807, 2.05) is 0 Å². The van der Waals surface area contributed by atoms with Crippen molar-refractivity contribution >= 4 is 12.1 Å². The lowest BCUT2D eigenvalue weighted by molar-refractivity contribution is -0.149. The van der Waals surface area contributed by atoms with E-state index in [-0.39, 0.29) is 0 Å². The van der Waals surface area contributed by atoms with Crippen LogP contribution in [0.3, 0.4) is 0 Å². The van der Waals surface area contributed by atoms with Crippen LogP contribution in [-0.4, -0.2) is 39.5 Å². The summed E-state index contributed by atoms with van der Waals surface area (Å²) in [5.41, 5.74) is -2.76. The molecule has 0 aromatic carbocycles. The molecule has 6 nitrogen and oxygen atoms in total. The number of carbonyl (C=O) groups excluding carboxylic acids is 1. The second kappa shape index (κ2) is 5.24. The fraction of sp³-hybridized carbons (Fsp3) is 0.857. The van der Waals surface area contributed by atoms with E-state index in [0.29, 0.717) is 12.8 Å². The molecule has 1 amide bonds. The van der Waals surface area contributed by atoms with Gasteiger partial charge in [0.15, 0.2) is 0 Å². The highest BCUT2D eigenvalue weighted by Gasteiger charge is 2.55. The molecule has 0 heterocycles. The van der Waals surface area contributed by atoms with Crippen LogP contribution in [0.25, 0.3) is 0 Å². The first-order valence-corrected chi connectivity index (χ1v) is 6.84. The van der Waals surface area contributed by atoms with Gasteiger partial charge in [-0.15, -0.1) is 0 Å². The summed E-state index contributed by atoms with van der Waals surface area (Å²) in [5.74, 6) is -1.17. The summed E-state index contributed by atoms with van der Waals surface area (Å²) in [7, 11) is 0. The van der Waals surface area contributed by atoms with Crippen molar-refractivity contribution in [2.24, 2.45) is 5.41 Å². The van der Waals surface area contributed by atoms with Crippen molar-refractivity contribution in [1.29, 1.82) is 0 Å². The van der Waals surface area contributed by atoms with Gasteiger partial charge in [0.25, 0.3) is 0 Å². The Balaban J connectivity index is 2.91. The number of amides is 1. The van der Waals surface area contributed by atoms with E-state index in [0.717, 1.165) is 6.42 Å². The van der Waals surface area contributed by atoms with E-state index in [1.165, 1.54) is 0 Å². The molecular weight excluding hydrogens is 262 g/mol. The minimum atomic E-state index is -1.19. The SMILES string of the molecule is CC(C)(C)OC(=O)NC(C(=O)O)C1(C)CCCC1(C)O. The van der Waals surface area contributed by atoms with Gasteiger partial charge in [-0.05, 0) is 47.0 Å². The molecular formula is C14H25NO5. The molecule has 1 aliphatic carbocycles. The number of hydrogen-bond donors (Lipinski definition) is 3. The van der Waals surface area contributed by atoms with Crippen LogP contribution in [0.2, 0.25) is 0 Å². The molecule has 0 aromatic heterocycles. The van der Waals surface area contributed by atoms with Gasteiger partial charge in [-0.3, -0.25) is 0 Å². The molecule has 0 bridgehead atoms. The van der Waals surface area contributed by atoms with Crippen molar-refractivity contribution in [3.8, 4) is 0 Å². The molecule has 0 saturated heterocycles. The van der Waals surface area contributed by atoms with Crippen molar-refractivity contribution in [3.63, 3.8) is 0 Å². The van der Waals surface area contributed by atoms with Crippen molar-refractivity contribution in [1.82, 2.24) is 5.32 Å². The highest BCUT2D eigenvalue weighted by molar-refractivity contribution is 5.81. The second-order valence-electron chi connectivity index (χ2n) is 6.96.